The van der Waals surface area contributed by atoms with Crippen LogP contribution in [0, 0.1) is 0 Å². The average molecular weight is 360 g/mol. The van der Waals surface area contributed by atoms with E-state index in [-0.39, 0.29) is 0 Å². The predicted molar refractivity (Wildman–Crippen MR) is 102 cm³/mol. The molecule has 0 unspecified atom stereocenters. The summed E-state index contributed by atoms with van der Waals surface area (Å²) < 4.78 is 10.6. The first kappa shape index (κ1) is 20.5. The highest BCUT2D eigenvalue weighted by Crippen LogP contribution is 2.21. The third-order valence-electron chi connectivity index (χ3n) is 4.89. The van der Waals surface area contributed by atoms with Crippen LogP contribution in [0.5, 0.6) is 0 Å². The fraction of sp³-hybridized carbons (Fsp3) is 0.636. The van der Waals surface area contributed by atoms with Crippen LogP contribution in [0.25, 0.3) is 0 Å². The van der Waals surface area contributed by atoms with E-state index in [0.29, 0.717) is 17.5 Å². The summed E-state index contributed by atoms with van der Waals surface area (Å²) in [6.45, 7) is 2.25. The predicted octanol–water partition coefficient (Wildman–Crippen LogP) is 6.04. The summed E-state index contributed by atoms with van der Waals surface area (Å²) in [6.07, 6.45) is 13.6. The Bertz CT molecular complexity index is 530. The first-order valence-electron chi connectivity index (χ1n) is 10.2. The summed E-state index contributed by atoms with van der Waals surface area (Å²) in [4.78, 5) is 24.2. The monoisotopic (exact) mass is 360 g/mol. The maximum Gasteiger partial charge on any atom is 0.342 e. The zero-order valence-corrected chi connectivity index (χ0v) is 16.0. The van der Waals surface area contributed by atoms with Gasteiger partial charge in [0.2, 0.25) is 6.29 Å². The highest BCUT2D eigenvalue weighted by atomic mass is 16.7. The van der Waals surface area contributed by atoms with Gasteiger partial charge in [-0.1, -0.05) is 83.3 Å². The van der Waals surface area contributed by atoms with E-state index in [1.807, 2.05) is 0 Å². The van der Waals surface area contributed by atoms with E-state index in [4.69, 9.17) is 9.47 Å². The Kier molecular flexibility index (Phi) is 9.22. The number of carbonyl (C=O) groups is 2. The van der Waals surface area contributed by atoms with Crippen LogP contribution < -0.4 is 0 Å². The van der Waals surface area contributed by atoms with E-state index in [9.17, 15) is 9.59 Å². The van der Waals surface area contributed by atoms with Gasteiger partial charge in [0.05, 0.1) is 11.1 Å². The Morgan fingerprint density at radius 1 is 0.692 bits per heavy atom. The molecule has 4 nitrogen and oxygen atoms in total. The number of ether oxygens (including phenoxy) is 2. The summed E-state index contributed by atoms with van der Waals surface area (Å²) in [5, 5.41) is 0. The minimum atomic E-state index is -0.763. The highest BCUT2D eigenvalue weighted by Gasteiger charge is 2.29. The standard InChI is InChI=1S/C22H32O4/c1-2-3-4-5-6-7-8-9-10-11-12-17-20-25-21(23)18-15-13-14-16-19(18)22(24)26-20/h13-16,20H,2-12,17H2,1H3. The number of cyclic esters (lactones) is 2. The second-order valence-electron chi connectivity index (χ2n) is 7.11. The lowest BCUT2D eigenvalue weighted by Crippen LogP contribution is -2.20. The van der Waals surface area contributed by atoms with Crippen molar-refractivity contribution in [1.29, 1.82) is 0 Å². The first-order chi connectivity index (χ1) is 12.7. The van der Waals surface area contributed by atoms with Crippen molar-refractivity contribution in [1.82, 2.24) is 0 Å². The summed E-state index contributed by atoms with van der Waals surface area (Å²) in [7, 11) is 0. The number of rotatable bonds is 12. The van der Waals surface area contributed by atoms with Crippen molar-refractivity contribution < 1.29 is 19.1 Å². The summed E-state index contributed by atoms with van der Waals surface area (Å²) >= 11 is 0. The van der Waals surface area contributed by atoms with Gasteiger partial charge in [-0.3, -0.25) is 0 Å². The third-order valence-corrected chi connectivity index (χ3v) is 4.89. The summed E-state index contributed by atoms with van der Waals surface area (Å²) in [5.41, 5.74) is 0.581. The second kappa shape index (κ2) is 11.7. The van der Waals surface area contributed by atoms with Crippen molar-refractivity contribution in [2.24, 2.45) is 0 Å². The lowest BCUT2D eigenvalue weighted by Gasteiger charge is -2.14. The van der Waals surface area contributed by atoms with E-state index in [0.717, 1.165) is 12.8 Å². The molecule has 0 aliphatic carbocycles. The van der Waals surface area contributed by atoms with Gasteiger partial charge >= 0.3 is 11.9 Å². The first-order valence-corrected chi connectivity index (χ1v) is 10.2. The lowest BCUT2D eigenvalue weighted by atomic mass is 10.1. The van der Waals surface area contributed by atoms with Crippen LogP contribution in [-0.4, -0.2) is 18.2 Å². The molecule has 0 saturated heterocycles. The topological polar surface area (TPSA) is 52.6 Å². The molecule has 1 aromatic rings. The van der Waals surface area contributed by atoms with Gasteiger partial charge in [0.25, 0.3) is 0 Å². The SMILES string of the molecule is CCCCCCCCCCCCCC1OC(=O)c2ccccc2C(=O)O1. The fourth-order valence-corrected chi connectivity index (χ4v) is 3.32. The van der Waals surface area contributed by atoms with Crippen LogP contribution in [0.2, 0.25) is 0 Å². The Hall–Kier alpha value is -1.84. The quantitative estimate of drug-likeness (QED) is 0.337. The zero-order chi connectivity index (χ0) is 18.6. The van der Waals surface area contributed by atoms with E-state index < -0.39 is 18.2 Å². The molecule has 0 radical (unpaired) electrons. The number of esters is 2. The van der Waals surface area contributed by atoms with Crippen molar-refractivity contribution in [3.05, 3.63) is 35.4 Å². The molecular formula is C22H32O4. The molecule has 4 heteroatoms. The molecule has 0 atom stereocenters. The zero-order valence-electron chi connectivity index (χ0n) is 16.0. The maximum absolute atomic E-state index is 12.1. The van der Waals surface area contributed by atoms with E-state index >= 15 is 0 Å². The van der Waals surface area contributed by atoms with Gasteiger partial charge in [-0.2, -0.15) is 0 Å². The van der Waals surface area contributed by atoms with Crippen LogP contribution in [0.4, 0.5) is 0 Å². The van der Waals surface area contributed by atoms with Gasteiger partial charge in [0.1, 0.15) is 0 Å². The largest absolute Gasteiger partial charge is 0.422 e. The third kappa shape index (κ3) is 6.81. The Morgan fingerprint density at radius 2 is 1.12 bits per heavy atom. The molecule has 0 saturated carbocycles. The van der Waals surface area contributed by atoms with Crippen LogP contribution in [0.1, 0.15) is 105 Å². The van der Waals surface area contributed by atoms with Gasteiger partial charge in [0.15, 0.2) is 0 Å². The Balaban J connectivity index is 1.57. The van der Waals surface area contributed by atoms with Crippen molar-refractivity contribution >= 4 is 11.9 Å². The lowest BCUT2D eigenvalue weighted by molar-refractivity contribution is -0.0801. The number of benzene rings is 1. The molecule has 144 valence electrons. The van der Waals surface area contributed by atoms with Crippen molar-refractivity contribution in [2.75, 3.05) is 0 Å². The molecule has 1 aromatic carbocycles. The number of hydrogen-bond acceptors (Lipinski definition) is 4. The van der Waals surface area contributed by atoms with Gasteiger partial charge < -0.3 is 9.47 Å². The van der Waals surface area contributed by atoms with Crippen molar-refractivity contribution in [2.45, 2.75) is 90.3 Å². The highest BCUT2D eigenvalue weighted by molar-refractivity contribution is 6.04. The molecule has 0 spiro atoms. The smallest absolute Gasteiger partial charge is 0.342 e. The molecule has 26 heavy (non-hydrogen) atoms. The van der Waals surface area contributed by atoms with Crippen molar-refractivity contribution in [3.8, 4) is 0 Å². The van der Waals surface area contributed by atoms with Gasteiger partial charge in [-0.15, -0.1) is 0 Å². The molecule has 1 aliphatic rings. The van der Waals surface area contributed by atoms with Crippen LogP contribution in [-0.2, 0) is 9.47 Å². The minimum Gasteiger partial charge on any atom is -0.422 e. The molecule has 2 rings (SSSR count). The van der Waals surface area contributed by atoms with E-state index in [1.165, 1.54) is 57.8 Å². The molecule has 0 aromatic heterocycles. The van der Waals surface area contributed by atoms with Crippen LogP contribution in [0.15, 0.2) is 24.3 Å². The summed E-state index contributed by atoms with van der Waals surface area (Å²) in [6, 6.07) is 6.64. The average Bonchev–Trinajstić information content (AvgIpc) is 2.77. The molecule has 1 heterocycles. The van der Waals surface area contributed by atoms with Gasteiger partial charge in [-0.05, 0) is 18.6 Å². The molecule has 0 amide bonds. The fourth-order valence-electron chi connectivity index (χ4n) is 3.32. The minimum absolute atomic E-state index is 0.291. The Labute approximate surface area is 157 Å². The van der Waals surface area contributed by atoms with Crippen LogP contribution >= 0.6 is 0 Å². The number of carbonyl (C=O) groups excluding carboxylic acids is 2. The summed E-state index contributed by atoms with van der Waals surface area (Å²) in [5.74, 6) is -0.945. The second-order valence-corrected chi connectivity index (χ2v) is 7.11. The van der Waals surface area contributed by atoms with E-state index in [1.54, 1.807) is 24.3 Å². The van der Waals surface area contributed by atoms with Crippen molar-refractivity contribution in [3.63, 3.8) is 0 Å². The molecular weight excluding hydrogens is 328 g/mol. The molecule has 0 bridgehead atoms. The van der Waals surface area contributed by atoms with E-state index in [2.05, 4.69) is 6.92 Å². The number of fused-ring (bicyclic) bond motifs is 1. The van der Waals surface area contributed by atoms with Gasteiger partial charge in [-0.25, -0.2) is 9.59 Å². The normalized spacial score (nSPS) is 14.5. The number of unbranched alkanes of at least 4 members (excludes halogenated alkanes) is 10. The molecule has 0 fully saturated rings. The number of hydrogen-bond donors (Lipinski definition) is 0. The Morgan fingerprint density at radius 3 is 1.58 bits per heavy atom. The van der Waals surface area contributed by atoms with Gasteiger partial charge in [0, 0.05) is 6.42 Å². The van der Waals surface area contributed by atoms with Crippen LogP contribution in [0.3, 0.4) is 0 Å². The molecule has 0 N–H and O–H groups in total. The maximum atomic E-state index is 12.1. The molecule has 1 aliphatic heterocycles.